The van der Waals surface area contributed by atoms with Gasteiger partial charge < -0.3 is 25.8 Å². The summed E-state index contributed by atoms with van der Waals surface area (Å²) in [4.78, 5) is 21.1. The second-order valence-electron chi connectivity index (χ2n) is 6.48. The largest absolute Gasteiger partial charge is 0.394 e. The molecule has 28 heavy (non-hydrogen) atoms. The van der Waals surface area contributed by atoms with Crippen LogP contribution in [0.2, 0.25) is 0 Å². The van der Waals surface area contributed by atoms with Gasteiger partial charge in [0.05, 0.1) is 19.1 Å². The van der Waals surface area contributed by atoms with Gasteiger partial charge in [-0.2, -0.15) is 0 Å². The van der Waals surface area contributed by atoms with Gasteiger partial charge in [0.1, 0.15) is 54.7 Å². The van der Waals surface area contributed by atoms with Crippen molar-refractivity contribution in [1.29, 1.82) is 0 Å². The molecule has 0 aliphatic carbocycles. The van der Waals surface area contributed by atoms with Gasteiger partial charge in [0, 0.05) is 0 Å². The van der Waals surface area contributed by atoms with Gasteiger partial charge in [0.15, 0.2) is 17.7 Å². The monoisotopic (exact) mass is 387 g/mol. The SMILES string of the molecule is NC1c2ncn([C@@H]3O[C@H](CO)C(O)C3O)c2N=CN1n1cnc2cncnc21. The van der Waals surface area contributed by atoms with E-state index in [1.165, 1.54) is 23.6 Å². The molecule has 5 heterocycles. The fourth-order valence-corrected chi connectivity index (χ4v) is 3.43. The van der Waals surface area contributed by atoms with Crippen molar-refractivity contribution in [1.82, 2.24) is 29.2 Å². The van der Waals surface area contributed by atoms with Gasteiger partial charge in [-0.3, -0.25) is 4.57 Å². The van der Waals surface area contributed by atoms with E-state index in [-0.39, 0.29) is 0 Å². The lowest BCUT2D eigenvalue weighted by Gasteiger charge is -2.29. The maximum Gasteiger partial charge on any atom is 0.182 e. The first kappa shape index (κ1) is 17.2. The molecule has 13 nitrogen and oxygen atoms in total. The first-order chi connectivity index (χ1) is 13.6. The number of aliphatic imine (C=N–C) groups is 1. The number of fused-ring (bicyclic) bond motifs is 2. The summed E-state index contributed by atoms with van der Waals surface area (Å²) in [6, 6.07) is 0. The minimum absolute atomic E-state index is 0.387. The summed E-state index contributed by atoms with van der Waals surface area (Å²) < 4.78 is 8.68. The molecule has 0 saturated carbocycles. The molecule has 5 rings (SSSR count). The fourth-order valence-electron chi connectivity index (χ4n) is 3.43. The Morgan fingerprint density at radius 3 is 2.79 bits per heavy atom. The highest BCUT2D eigenvalue weighted by molar-refractivity contribution is 5.79. The minimum Gasteiger partial charge on any atom is -0.394 e. The van der Waals surface area contributed by atoms with Crippen molar-refractivity contribution >= 4 is 23.3 Å². The second-order valence-corrected chi connectivity index (χ2v) is 6.48. The zero-order chi connectivity index (χ0) is 19.4. The molecule has 1 saturated heterocycles. The van der Waals surface area contributed by atoms with Crippen LogP contribution in [0.5, 0.6) is 0 Å². The number of nitrogens with two attached hydrogens (primary N) is 1. The molecule has 0 bridgehead atoms. The Kier molecular flexibility index (Phi) is 3.85. The van der Waals surface area contributed by atoms with Gasteiger partial charge in [-0.05, 0) is 0 Å². The van der Waals surface area contributed by atoms with Crippen LogP contribution in [0.3, 0.4) is 0 Å². The number of nitrogens with zero attached hydrogens (tertiary/aromatic N) is 8. The Labute approximate surface area is 157 Å². The van der Waals surface area contributed by atoms with E-state index in [1.807, 2.05) is 0 Å². The maximum absolute atomic E-state index is 10.3. The molecule has 146 valence electrons. The van der Waals surface area contributed by atoms with E-state index in [0.29, 0.717) is 22.7 Å². The molecular weight excluding hydrogens is 370 g/mol. The quantitative estimate of drug-likeness (QED) is 0.390. The molecule has 1 fully saturated rings. The Morgan fingerprint density at radius 1 is 1.14 bits per heavy atom. The summed E-state index contributed by atoms with van der Waals surface area (Å²) in [5.41, 5.74) is 7.98. The first-order valence-corrected chi connectivity index (χ1v) is 8.50. The highest BCUT2D eigenvalue weighted by Gasteiger charge is 2.45. The van der Waals surface area contributed by atoms with E-state index in [1.54, 1.807) is 22.2 Å². The Hall–Kier alpha value is -2.97. The van der Waals surface area contributed by atoms with Crippen LogP contribution in [0.25, 0.3) is 11.2 Å². The number of aromatic nitrogens is 6. The average molecular weight is 387 g/mol. The summed E-state index contributed by atoms with van der Waals surface area (Å²) in [6.07, 6.45) is 2.47. The van der Waals surface area contributed by atoms with Crippen LogP contribution in [0.15, 0.2) is 30.2 Å². The van der Waals surface area contributed by atoms with Crippen LogP contribution < -0.4 is 10.7 Å². The van der Waals surface area contributed by atoms with Gasteiger partial charge >= 0.3 is 0 Å². The van der Waals surface area contributed by atoms with Crippen LogP contribution in [0.4, 0.5) is 5.82 Å². The fraction of sp³-hybridized carbons (Fsp3) is 0.400. The normalized spacial score (nSPS) is 29.6. The standard InChI is InChI=1S/C15H17N9O4/c16-12-9-14(22(4-20-9)15-11(27)10(26)8(2-25)28-15)21-6-23(12)24-5-19-7-1-17-3-18-13(7)24/h1,3-6,8,10-12,15,25-27H,2,16H2/t8-,10?,11?,12?,15-/m1/s1. The lowest BCUT2D eigenvalue weighted by Crippen LogP contribution is -2.43. The minimum atomic E-state index is -1.24. The number of rotatable bonds is 3. The van der Waals surface area contributed by atoms with Gasteiger partial charge in [-0.25, -0.2) is 34.6 Å². The zero-order valence-electron chi connectivity index (χ0n) is 14.4. The van der Waals surface area contributed by atoms with Crippen molar-refractivity contribution in [3.05, 3.63) is 30.9 Å². The molecule has 5 atom stereocenters. The van der Waals surface area contributed by atoms with Gasteiger partial charge in [-0.15, -0.1) is 0 Å². The van der Waals surface area contributed by atoms with Crippen LogP contribution in [0, 0.1) is 0 Å². The Balaban J connectivity index is 1.50. The Bertz CT molecular complexity index is 1050. The zero-order valence-corrected chi connectivity index (χ0v) is 14.4. The highest BCUT2D eigenvalue weighted by Crippen LogP contribution is 2.36. The molecule has 3 aromatic heterocycles. The molecule has 5 N–H and O–H groups in total. The van der Waals surface area contributed by atoms with E-state index < -0.39 is 37.3 Å². The smallest absolute Gasteiger partial charge is 0.182 e. The number of ether oxygens (including phenoxy) is 1. The van der Waals surface area contributed by atoms with Crippen LogP contribution in [-0.4, -0.2) is 75.8 Å². The molecule has 0 aromatic carbocycles. The lowest BCUT2D eigenvalue weighted by atomic mass is 10.1. The van der Waals surface area contributed by atoms with Crippen molar-refractivity contribution < 1.29 is 20.1 Å². The van der Waals surface area contributed by atoms with Crippen LogP contribution >= 0.6 is 0 Å². The third-order valence-electron chi connectivity index (χ3n) is 4.89. The first-order valence-electron chi connectivity index (χ1n) is 8.50. The Morgan fingerprint density at radius 2 is 2.00 bits per heavy atom. The van der Waals surface area contributed by atoms with Gasteiger partial charge in [0.25, 0.3) is 0 Å². The molecule has 13 heteroatoms. The van der Waals surface area contributed by atoms with Gasteiger partial charge in [-0.1, -0.05) is 0 Å². The third kappa shape index (κ3) is 2.35. The molecule has 2 aliphatic heterocycles. The van der Waals surface area contributed by atoms with E-state index in [4.69, 9.17) is 10.5 Å². The van der Waals surface area contributed by atoms with Crippen molar-refractivity contribution in [2.75, 3.05) is 11.6 Å². The van der Waals surface area contributed by atoms with E-state index in [9.17, 15) is 15.3 Å². The van der Waals surface area contributed by atoms with E-state index in [2.05, 4.69) is 24.9 Å². The third-order valence-corrected chi connectivity index (χ3v) is 4.89. The van der Waals surface area contributed by atoms with Crippen molar-refractivity contribution in [2.45, 2.75) is 30.7 Å². The lowest BCUT2D eigenvalue weighted by molar-refractivity contribution is -0.0520. The number of hydrogen-bond acceptors (Lipinski definition) is 11. The topological polar surface area (TPSA) is 173 Å². The number of aliphatic hydroxyl groups excluding tert-OH is 3. The predicted molar refractivity (Wildman–Crippen MR) is 93.9 cm³/mol. The van der Waals surface area contributed by atoms with E-state index in [0.717, 1.165) is 0 Å². The summed E-state index contributed by atoms with van der Waals surface area (Å²) in [7, 11) is 0. The number of hydrogen-bond donors (Lipinski definition) is 4. The molecule has 3 aromatic rings. The van der Waals surface area contributed by atoms with Crippen LogP contribution in [0.1, 0.15) is 18.1 Å². The van der Waals surface area contributed by atoms with Gasteiger partial charge in [0.2, 0.25) is 0 Å². The number of aliphatic hydroxyl groups is 3. The molecular formula is C15H17N9O4. The van der Waals surface area contributed by atoms with Crippen molar-refractivity contribution in [3.63, 3.8) is 0 Å². The highest BCUT2D eigenvalue weighted by atomic mass is 16.6. The average Bonchev–Trinajstić information content (AvgIpc) is 3.40. The molecule has 0 amide bonds. The number of imidazole rings is 2. The predicted octanol–water partition coefficient (Wildman–Crippen LogP) is -2.10. The summed E-state index contributed by atoms with van der Waals surface area (Å²) in [5, 5.41) is 31.1. The summed E-state index contributed by atoms with van der Waals surface area (Å²) >= 11 is 0. The summed E-state index contributed by atoms with van der Waals surface area (Å²) in [6.45, 7) is -0.419. The van der Waals surface area contributed by atoms with Crippen molar-refractivity contribution in [2.24, 2.45) is 10.7 Å². The molecule has 0 spiro atoms. The van der Waals surface area contributed by atoms with E-state index >= 15 is 0 Å². The molecule has 3 unspecified atom stereocenters. The van der Waals surface area contributed by atoms with Crippen molar-refractivity contribution in [3.8, 4) is 0 Å². The molecule has 2 aliphatic rings. The van der Waals surface area contributed by atoms with Crippen LogP contribution in [-0.2, 0) is 4.74 Å². The summed E-state index contributed by atoms with van der Waals surface area (Å²) in [5.74, 6) is 0.387. The molecule has 0 radical (unpaired) electrons. The maximum atomic E-state index is 10.3. The second kappa shape index (κ2) is 6.29.